The zero-order valence-corrected chi connectivity index (χ0v) is 14.1. The molecule has 3 aliphatic rings. The largest absolute Gasteiger partial charge is 0.462 e. The first-order valence-corrected chi connectivity index (χ1v) is 8.81. The fourth-order valence-electron chi connectivity index (χ4n) is 4.78. The van der Waals surface area contributed by atoms with Gasteiger partial charge in [-0.3, -0.25) is 4.79 Å². The Bertz CT molecular complexity index is 908. The van der Waals surface area contributed by atoms with E-state index in [1.54, 1.807) is 0 Å². The van der Waals surface area contributed by atoms with Gasteiger partial charge in [-0.2, -0.15) is 0 Å². The molecule has 0 N–H and O–H groups in total. The SMILES string of the molecule is O=C(OCCF)C12c3ccccc3C(c3ccccc31)c1ccccc12. The van der Waals surface area contributed by atoms with Crippen LogP contribution in [0.2, 0.25) is 0 Å². The van der Waals surface area contributed by atoms with Gasteiger partial charge >= 0.3 is 5.97 Å². The maximum Gasteiger partial charge on any atom is 0.325 e. The van der Waals surface area contributed by atoms with Crippen LogP contribution in [0.25, 0.3) is 0 Å². The standard InChI is InChI=1S/C23H17FO2/c24-13-14-26-22(25)23-18-10-4-1-7-15(18)21(16-8-2-5-11-19(16)23)17-9-3-6-12-20(17)23/h1-12,21H,13-14H2. The third kappa shape index (κ3) is 1.73. The van der Waals surface area contributed by atoms with E-state index in [0.29, 0.717) is 0 Å². The molecule has 2 nitrogen and oxygen atoms in total. The fraction of sp³-hybridized carbons (Fsp3) is 0.174. The van der Waals surface area contributed by atoms with Gasteiger partial charge in [-0.1, -0.05) is 72.8 Å². The highest BCUT2D eigenvalue weighted by molar-refractivity contribution is 5.97. The molecule has 3 aromatic carbocycles. The summed E-state index contributed by atoms with van der Waals surface area (Å²) in [6.45, 7) is -0.911. The van der Waals surface area contributed by atoms with Gasteiger partial charge in [-0.15, -0.1) is 0 Å². The van der Waals surface area contributed by atoms with Crippen molar-refractivity contribution in [3.05, 3.63) is 106 Å². The summed E-state index contributed by atoms with van der Waals surface area (Å²) in [5, 5.41) is 0. The number of hydrogen-bond donors (Lipinski definition) is 0. The molecule has 0 saturated carbocycles. The van der Waals surface area contributed by atoms with Crippen LogP contribution in [-0.2, 0) is 14.9 Å². The lowest BCUT2D eigenvalue weighted by molar-refractivity contribution is -0.148. The third-order valence-corrected chi connectivity index (χ3v) is 5.64. The van der Waals surface area contributed by atoms with E-state index in [1.807, 2.05) is 54.6 Å². The van der Waals surface area contributed by atoms with E-state index in [4.69, 9.17) is 4.74 Å². The Balaban J connectivity index is 1.91. The average molecular weight is 344 g/mol. The van der Waals surface area contributed by atoms with Gasteiger partial charge in [-0.05, 0) is 33.4 Å². The van der Waals surface area contributed by atoms with Crippen LogP contribution < -0.4 is 0 Å². The molecule has 0 aromatic heterocycles. The maximum absolute atomic E-state index is 13.4. The summed E-state index contributed by atoms with van der Waals surface area (Å²) in [6.07, 6.45) is 0. The molecule has 3 aromatic rings. The second kappa shape index (κ2) is 5.53. The molecule has 26 heavy (non-hydrogen) atoms. The summed E-state index contributed by atoms with van der Waals surface area (Å²) in [7, 11) is 0. The van der Waals surface area contributed by atoms with Crippen molar-refractivity contribution in [2.24, 2.45) is 0 Å². The van der Waals surface area contributed by atoms with Crippen LogP contribution in [0.15, 0.2) is 72.8 Å². The Kier molecular flexibility index (Phi) is 3.26. The Morgan fingerprint density at radius 1 is 0.808 bits per heavy atom. The normalized spacial score (nSPS) is 21.5. The van der Waals surface area contributed by atoms with E-state index in [1.165, 1.54) is 0 Å². The Labute approximate surface area is 151 Å². The van der Waals surface area contributed by atoms with Crippen LogP contribution in [0.1, 0.15) is 39.3 Å². The first kappa shape index (κ1) is 15.3. The minimum absolute atomic E-state index is 0.106. The van der Waals surface area contributed by atoms with Crippen LogP contribution in [0.3, 0.4) is 0 Å². The topological polar surface area (TPSA) is 26.3 Å². The number of rotatable bonds is 3. The Morgan fingerprint density at radius 3 is 1.65 bits per heavy atom. The Hall–Kier alpha value is -2.94. The fourth-order valence-corrected chi connectivity index (χ4v) is 4.78. The zero-order chi connectivity index (χ0) is 17.7. The van der Waals surface area contributed by atoms with Crippen molar-refractivity contribution in [3.63, 3.8) is 0 Å². The molecule has 0 spiro atoms. The number of esters is 1. The molecule has 0 atom stereocenters. The number of alkyl halides is 1. The summed E-state index contributed by atoms with van der Waals surface area (Å²) in [6, 6.07) is 24.1. The summed E-state index contributed by atoms with van der Waals surface area (Å²) < 4.78 is 18.2. The van der Waals surface area contributed by atoms with Crippen LogP contribution in [0.5, 0.6) is 0 Å². The van der Waals surface area contributed by atoms with Crippen molar-refractivity contribution < 1.29 is 13.9 Å². The molecule has 0 heterocycles. The monoisotopic (exact) mass is 344 g/mol. The van der Waals surface area contributed by atoms with E-state index in [2.05, 4.69) is 18.2 Å². The number of ether oxygens (including phenoxy) is 1. The summed E-state index contributed by atoms with van der Waals surface area (Å²) >= 11 is 0. The number of halogens is 1. The van der Waals surface area contributed by atoms with Crippen molar-refractivity contribution in [2.75, 3.05) is 13.3 Å². The van der Waals surface area contributed by atoms with Gasteiger partial charge in [-0.25, -0.2) is 4.39 Å². The van der Waals surface area contributed by atoms with Crippen molar-refractivity contribution >= 4 is 5.97 Å². The number of carbonyl (C=O) groups is 1. The second-order valence-corrected chi connectivity index (χ2v) is 6.77. The molecule has 0 radical (unpaired) electrons. The molecule has 3 aliphatic carbocycles. The first-order chi connectivity index (χ1) is 12.8. The lowest BCUT2D eigenvalue weighted by Crippen LogP contribution is -2.48. The molecule has 6 rings (SSSR count). The molecule has 2 bridgehead atoms. The minimum Gasteiger partial charge on any atom is -0.462 e. The molecule has 0 unspecified atom stereocenters. The van der Waals surface area contributed by atoms with Crippen molar-refractivity contribution in [1.82, 2.24) is 0 Å². The van der Waals surface area contributed by atoms with Gasteiger partial charge in [0.25, 0.3) is 0 Å². The number of hydrogen-bond acceptors (Lipinski definition) is 2. The molecule has 0 aliphatic heterocycles. The molecular weight excluding hydrogens is 327 g/mol. The summed E-state index contributed by atoms with van der Waals surface area (Å²) in [4.78, 5) is 13.4. The van der Waals surface area contributed by atoms with Gasteiger partial charge in [0.05, 0.1) is 0 Å². The molecular formula is C23H17FO2. The summed E-state index contributed by atoms with van der Waals surface area (Å²) in [5.41, 5.74) is 5.20. The van der Waals surface area contributed by atoms with E-state index in [9.17, 15) is 9.18 Å². The van der Waals surface area contributed by atoms with Crippen LogP contribution in [-0.4, -0.2) is 19.3 Å². The van der Waals surface area contributed by atoms with Crippen molar-refractivity contribution in [2.45, 2.75) is 11.3 Å². The predicted octanol–water partition coefficient (Wildman–Crippen LogP) is 4.34. The van der Waals surface area contributed by atoms with Gasteiger partial charge in [0.1, 0.15) is 18.7 Å². The molecule has 3 heteroatoms. The summed E-state index contributed by atoms with van der Waals surface area (Å²) in [5.74, 6) is -0.296. The van der Waals surface area contributed by atoms with Gasteiger partial charge in [0, 0.05) is 5.92 Å². The number of carbonyl (C=O) groups excluding carboxylic acids is 1. The van der Waals surface area contributed by atoms with Gasteiger partial charge in [0.2, 0.25) is 0 Å². The van der Waals surface area contributed by atoms with E-state index < -0.39 is 18.1 Å². The lowest BCUT2D eigenvalue weighted by atomic mass is 9.53. The van der Waals surface area contributed by atoms with E-state index >= 15 is 0 Å². The molecule has 0 amide bonds. The Morgan fingerprint density at radius 2 is 1.23 bits per heavy atom. The van der Waals surface area contributed by atoms with Crippen LogP contribution >= 0.6 is 0 Å². The second-order valence-electron chi connectivity index (χ2n) is 6.77. The van der Waals surface area contributed by atoms with Gasteiger partial charge < -0.3 is 4.74 Å². The number of benzene rings is 3. The maximum atomic E-state index is 13.4. The van der Waals surface area contributed by atoms with Crippen LogP contribution in [0, 0.1) is 0 Å². The highest BCUT2D eigenvalue weighted by Crippen LogP contribution is 2.59. The van der Waals surface area contributed by atoms with E-state index in [-0.39, 0.29) is 12.5 Å². The molecule has 128 valence electrons. The third-order valence-electron chi connectivity index (χ3n) is 5.64. The molecule has 0 fully saturated rings. The van der Waals surface area contributed by atoms with Gasteiger partial charge in [0.15, 0.2) is 0 Å². The van der Waals surface area contributed by atoms with E-state index in [0.717, 1.165) is 33.4 Å². The average Bonchev–Trinajstić information content (AvgIpc) is 2.71. The highest BCUT2D eigenvalue weighted by atomic mass is 19.1. The quantitative estimate of drug-likeness (QED) is 0.661. The smallest absolute Gasteiger partial charge is 0.325 e. The van der Waals surface area contributed by atoms with Crippen LogP contribution in [0.4, 0.5) is 4.39 Å². The highest BCUT2D eigenvalue weighted by Gasteiger charge is 2.56. The van der Waals surface area contributed by atoms with Crippen molar-refractivity contribution in [1.29, 1.82) is 0 Å². The minimum atomic E-state index is -1.03. The van der Waals surface area contributed by atoms with Crippen molar-refractivity contribution in [3.8, 4) is 0 Å². The molecule has 0 saturated heterocycles. The first-order valence-electron chi connectivity index (χ1n) is 8.81. The predicted molar refractivity (Wildman–Crippen MR) is 97.1 cm³/mol. The lowest BCUT2D eigenvalue weighted by Gasteiger charge is -2.48. The zero-order valence-electron chi connectivity index (χ0n) is 14.1.